The zero-order chi connectivity index (χ0) is 18.4. The molecule has 0 spiro atoms. The molecule has 2 saturated heterocycles. The number of hydrogen-bond donors (Lipinski definition) is 2. The van der Waals surface area contributed by atoms with Gasteiger partial charge in [-0.15, -0.1) is 24.0 Å². The van der Waals surface area contributed by atoms with Crippen LogP contribution >= 0.6 is 24.0 Å². The number of piperazine rings is 1. The Hall–Kier alpha value is -0.120. The van der Waals surface area contributed by atoms with Crippen LogP contribution < -0.4 is 10.6 Å². The molecule has 0 amide bonds. The van der Waals surface area contributed by atoms with Crippen molar-refractivity contribution >= 4 is 29.9 Å². The summed E-state index contributed by atoms with van der Waals surface area (Å²) in [5.41, 5.74) is 0. The molecule has 0 radical (unpaired) electrons. The first-order valence-electron chi connectivity index (χ1n) is 10.9. The van der Waals surface area contributed by atoms with Crippen LogP contribution in [0.3, 0.4) is 0 Å². The molecule has 2 aliphatic heterocycles. The molecule has 2 N–H and O–H groups in total. The van der Waals surface area contributed by atoms with Crippen LogP contribution in [0.2, 0.25) is 0 Å². The largest absolute Gasteiger partial charge is 0.357 e. The summed E-state index contributed by atoms with van der Waals surface area (Å²) in [6, 6.07) is 1.91. The average Bonchev–Trinajstić information content (AvgIpc) is 3.32. The smallest absolute Gasteiger partial charge is 0.191 e. The summed E-state index contributed by atoms with van der Waals surface area (Å²) in [6.45, 7) is 13.4. The van der Waals surface area contributed by atoms with Crippen LogP contribution in [0, 0.1) is 0 Å². The van der Waals surface area contributed by atoms with Crippen LogP contribution in [-0.4, -0.2) is 98.2 Å². The third kappa shape index (κ3) is 7.01. The summed E-state index contributed by atoms with van der Waals surface area (Å²) in [6.07, 6.45) is 6.91. The highest BCUT2D eigenvalue weighted by Crippen LogP contribution is 2.26. The molecular weight excluding hydrogens is 451 g/mol. The van der Waals surface area contributed by atoms with Crippen molar-refractivity contribution in [1.29, 1.82) is 0 Å². The first-order valence-corrected chi connectivity index (χ1v) is 10.9. The molecule has 27 heavy (non-hydrogen) atoms. The van der Waals surface area contributed by atoms with Gasteiger partial charge in [-0.1, -0.05) is 12.8 Å². The zero-order valence-corrected chi connectivity index (χ0v) is 20.0. The van der Waals surface area contributed by atoms with Crippen LogP contribution in [0.1, 0.15) is 46.0 Å². The Labute approximate surface area is 183 Å². The van der Waals surface area contributed by atoms with Gasteiger partial charge in [-0.2, -0.15) is 0 Å². The van der Waals surface area contributed by atoms with Crippen LogP contribution in [0.4, 0.5) is 0 Å². The van der Waals surface area contributed by atoms with Crippen LogP contribution in [-0.2, 0) is 0 Å². The number of guanidine groups is 1. The van der Waals surface area contributed by atoms with E-state index in [2.05, 4.69) is 46.2 Å². The van der Waals surface area contributed by atoms with Gasteiger partial charge in [-0.3, -0.25) is 14.8 Å². The summed E-state index contributed by atoms with van der Waals surface area (Å²) in [7, 11) is 2.21. The lowest BCUT2D eigenvalue weighted by atomic mass is 10.2. The number of aliphatic imine (C=N–C) groups is 1. The maximum atomic E-state index is 4.91. The molecule has 1 saturated carbocycles. The van der Waals surface area contributed by atoms with Gasteiger partial charge in [-0.05, 0) is 40.2 Å². The van der Waals surface area contributed by atoms with Gasteiger partial charge in [0.15, 0.2) is 5.96 Å². The standard InChI is InChI=1S/C20H40N6.HI/c1-4-21-20(22-15-17(2)25-13-11-24(3)12-14-25)23-18-9-10-26(16-18)19-7-5-6-8-19;/h17-19H,4-16H2,1-3H3,(H2,21,22,23);1H. The lowest BCUT2D eigenvalue weighted by molar-refractivity contribution is 0.122. The van der Waals surface area contributed by atoms with Gasteiger partial charge < -0.3 is 15.5 Å². The molecule has 3 rings (SSSR count). The number of hydrogen-bond acceptors (Lipinski definition) is 4. The van der Waals surface area contributed by atoms with Gasteiger partial charge in [0.05, 0.1) is 6.54 Å². The van der Waals surface area contributed by atoms with Crippen molar-refractivity contribution in [3.63, 3.8) is 0 Å². The molecule has 3 fully saturated rings. The van der Waals surface area contributed by atoms with Crippen LogP contribution in [0.5, 0.6) is 0 Å². The topological polar surface area (TPSA) is 46.1 Å². The van der Waals surface area contributed by atoms with Crippen molar-refractivity contribution in [2.45, 2.75) is 64.1 Å². The van der Waals surface area contributed by atoms with E-state index < -0.39 is 0 Å². The van der Waals surface area contributed by atoms with Gasteiger partial charge >= 0.3 is 0 Å². The predicted octanol–water partition coefficient (Wildman–Crippen LogP) is 1.81. The number of likely N-dealkylation sites (N-methyl/N-ethyl adjacent to an activating group) is 1. The molecule has 6 nitrogen and oxygen atoms in total. The molecule has 0 aromatic carbocycles. The Kier molecular flexibility index (Phi) is 10.1. The molecule has 3 aliphatic rings. The van der Waals surface area contributed by atoms with Gasteiger partial charge in [0.1, 0.15) is 0 Å². The van der Waals surface area contributed by atoms with E-state index in [1.54, 1.807) is 0 Å². The second kappa shape index (κ2) is 11.8. The van der Waals surface area contributed by atoms with E-state index >= 15 is 0 Å². The molecule has 2 unspecified atom stereocenters. The Morgan fingerprint density at radius 3 is 2.44 bits per heavy atom. The molecule has 0 aromatic rings. The zero-order valence-electron chi connectivity index (χ0n) is 17.6. The fraction of sp³-hybridized carbons (Fsp3) is 0.950. The summed E-state index contributed by atoms with van der Waals surface area (Å²) < 4.78 is 0. The average molecular weight is 492 g/mol. The van der Waals surface area contributed by atoms with E-state index in [0.717, 1.165) is 38.2 Å². The highest BCUT2D eigenvalue weighted by molar-refractivity contribution is 14.0. The maximum absolute atomic E-state index is 4.91. The maximum Gasteiger partial charge on any atom is 0.191 e. The van der Waals surface area contributed by atoms with Crippen molar-refractivity contribution in [3.05, 3.63) is 0 Å². The molecule has 0 bridgehead atoms. The van der Waals surface area contributed by atoms with E-state index in [4.69, 9.17) is 4.99 Å². The quantitative estimate of drug-likeness (QED) is 0.337. The number of nitrogens with one attached hydrogen (secondary N) is 2. The lowest BCUT2D eigenvalue weighted by Crippen LogP contribution is -2.49. The number of rotatable bonds is 6. The van der Waals surface area contributed by atoms with E-state index in [1.165, 1.54) is 58.3 Å². The number of likely N-dealkylation sites (tertiary alicyclic amines) is 1. The van der Waals surface area contributed by atoms with Crippen molar-refractivity contribution in [3.8, 4) is 0 Å². The highest BCUT2D eigenvalue weighted by atomic mass is 127. The van der Waals surface area contributed by atoms with E-state index in [1.807, 2.05) is 0 Å². The van der Waals surface area contributed by atoms with Crippen molar-refractivity contribution in [2.24, 2.45) is 4.99 Å². The monoisotopic (exact) mass is 492 g/mol. The number of nitrogens with zero attached hydrogens (tertiary/aromatic N) is 4. The van der Waals surface area contributed by atoms with Gasteiger partial charge in [0.2, 0.25) is 0 Å². The normalized spacial score (nSPS) is 27.5. The minimum absolute atomic E-state index is 0. The second-order valence-electron chi connectivity index (χ2n) is 8.47. The van der Waals surface area contributed by atoms with Crippen LogP contribution in [0.15, 0.2) is 4.99 Å². The molecule has 158 valence electrons. The second-order valence-corrected chi connectivity index (χ2v) is 8.47. The minimum Gasteiger partial charge on any atom is -0.357 e. The Morgan fingerprint density at radius 2 is 1.78 bits per heavy atom. The fourth-order valence-electron chi connectivity index (χ4n) is 4.62. The Bertz CT molecular complexity index is 446. The van der Waals surface area contributed by atoms with E-state index in [-0.39, 0.29) is 24.0 Å². The molecule has 1 aliphatic carbocycles. The summed E-state index contributed by atoms with van der Waals surface area (Å²) in [4.78, 5) is 12.6. The van der Waals surface area contributed by atoms with E-state index in [0.29, 0.717) is 12.1 Å². The van der Waals surface area contributed by atoms with Gasteiger partial charge in [0.25, 0.3) is 0 Å². The minimum atomic E-state index is 0. The lowest BCUT2D eigenvalue weighted by Gasteiger charge is -2.36. The van der Waals surface area contributed by atoms with Gasteiger partial charge in [-0.25, -0.2) is 0 Å². The third-order valence-electron chi connectivity index (χ3n) is 6.42. The molecule has 7 heteroatoms. The fourth-order valence-corrected chi connectivity index (χ4v) is 4.62. The van der Waals surface area contributed by atoms with Gasteiger partial charge in [0, 0.05) is 63.9 Å². The summed E-state index contributed by atoms with van der Waals surface area (Å²) in [5.74, 6) is 1.01. The molecule has 2 atom stereocenters. The Balaban J connectivity index is 0.00000261. The van der Waals surface area contributed by atoms with Crippen molar-refractivity contribution in [1.82, 2.24) is 25.3 Å². The SMILES string of the molecule is CCNC(=NCC(C)N1CCN(C)CC1)NC1CCN(C2CCCC2)C1.I. The summed E-state index contributed by atoms with van der Waals surface area (Å²) >= 11 is 0. The first kappa shape index (κ1) is 23.2. The van der Waals surface area contributed by atoms with Crippen LogP contribution in [0.25, 0.3) is 0 Å². The van der Waals surface area contributed by atoms with E-state index in [9.17, 15) is 0 Å². The molecule has 0 aromatic heterocycles. The van der Waals surface area contributed by atoms with Crippen molar-refractivity contribution in [2.75, 3.05) is 59.4 Å². The molecule has 2 heterocycles. The predicted molar refractivity (Wildman–Crippen MR) is 125 cm³/mol. The van der Waals surface area contributed by atoms with Crippen molar-refractivity contribution < 1.29 is 0 Å². The third-order valence-corrected chi connectivity index (χ3v) is 6.42. The first-order chi connectivity index (χ1) is 12.7. The molecular formula is C20H41IN6. The summed E-state index contributed by atoms with van der Waals surface area (Å²) in [5, 5.41) is 7.16. The number of halogens is 1. The Morgan fingerprint density at radius 1 is 1.07 bits per heavy atom. The highest BCUT2D eigenvalue weighted by Gasteiger charge is 2.30.